The monoisotopic (exact) mass is 245 g/mol. The van der Waals surface area contributed by atoms with E-state index in [-0.39, 0.29) is 24.7 Å². The zero-order valence-corrected chi connectivity index (χ0v) is 10.1. The van der Waals surface area contributed by atoms with Gasteiger partial charge in [-0.2, -0.15) is 0 Å². The van der Waals surface area contributed by atoms with Gasteiger partial charge in [0.25, 0.3) is 0 Å². The van der Waals surface area contributed by atoms with Crippen molar-refractivity contribution in [3.05, 3.63) is 0 Å². The number of hydrogen-bond donors (Lipinski definition) is 3. The topological polar surface area (TPSA) is 104 Å². The number of hydrogen-bond acceptors (Lipinski definition) is 3. The van der Waals surface area contributed by atoms with Crippen LogP contribution in [0.1, 0.15) is 39.5 Å². The van der Waals surface area contributed by atoms with Gasteiger partial charge in [-0.1, -0.05) is 13.8 Å². The first-order valence-corrected chi connectivity index (χ1v) is 5.67. The summed E-state index contributed by atoms with van der Waals surface area (Å²) in [6.07, 6.45) is 0.887. The fourth-order valence-corrected chi connectivity index (χ4v) is 1.47. The minimum Gasteiger partial charge on any atom is -0.481 e. The quantitative estimate of drug-likeness (QED) is 0.588. The van der Waals surface area contributed by atoms with Crippen LogP contribution >= 0.6 is 0 Å². The van der Waals surface area contributed by atoms with Gasteiger partial charge in [-0.3, -0.25) is 9.59 Å². The Hall–Kier alpha value is -1.59. The first kappa shape index (κ1) is 15.4. The van der Waals surface area contributed by atoms with Crippen LogP contribution in [0.4, 0.5) is 0 Å². The summed E-state index contributed by atoms with van der Waals surface area (Å²) in [5.41, 5.74) is 0. The van der Waals surface area contributed by atoms with E-state index < -0.39 is 18.0 Å². The normalized spacial score (nSPS) is 12.2. The number of rotatable bonds is 8. The Bertz CT molecular complexity index is 286. The van der Waals surface area contributed by atoms with E-state index in [1.165, 1.54) is 0 Å². The van der Waals surface area contributed by atoms with Crippen LogP contribution in [0.5, 0.6) is 0 Å². The predicted molar refractivity (Wildman–Crippen MR) is 60.5 cm³/mol. The third kappa shape index (κ3) is 5.89. The van der Waals surface area contributed by atoms with Crippen LogP contribution in [0.3, 0.4) is 0 Å². The van der Waals surface area contributed by atoms with E-state index in [9.17, 15) is 14.4 Å². The molecule has 3 N–H and O–H groups in total. The van der Waals surface area contributed by atoms with Crippen molar-refractivity contribution in [3.8, 4) is 0 Å². The lowest BCUT2D eigenvalue weighted by Crippen LogP contribution is -2.43. The summed E-state index contributed by atoms with van der Waals surface area (Å²) in [6, 6.07) is -1.13. The van der Waals surface area contributed by atoms with Crippen LogP contribution in [0, 0.1) is 5.92 Å². The zero-order valence-electron chi connectivity index (χ0n) is 10.1. The lowest BCUT2D eigenvalue weighted by Gasteiger charge is -2.17. The molecule has 0 aliphatic carbocycles. The van der Waals surface area contributed by atoms with Gasteiger partial charge < -0.3 is 15.5 Å². The molecule has 0 aliphatic heterocycles. The number of amides is 1. The largest absolute Gasteiger partial charge is 0.481 e. The molecule has 98 valence electrons. The first-order chi connectivity index (χ1) is 7.92. The second-order valence-corrected chi connectivity index (χ2v) is 3.85. The van der Waals surface area contributed by atoms with Crippen molar-refractivity contribution in [2.24, 2.45) is 5.92 Å². The second kappa shape index (κ2) is 7.65. The Balaban J connectivity index is 4.38. The third-order valence-electron chi connectivity index (χ3n) is 2.62. The molecule has 0 spiro atoms. The average molecular weight is 245 g/mol. The molecule has 0 fully saturated rings. The molecule has 17 heavy (non-hydrogen) atoms. The van der Waals surface area contributed by atoms with Crippen LogP contribution in [0.15, 0.2) is 0 Å². The Morgan fingerprint density at radius 1 is 1.12 bits per heavy atom. The van der Waals surface area contributed by atoms with Crippen LogP contribution < -0.4 is 5.32 Å². The van der Waals surface area contributed by atoms with Crippen molar-refractivity contribution in [3.63, 3.8) is 0 Å². The van der Waals surface area contributed by atoms with E-state index in [0.717, 1.165) is 0 Å². The van der Waals surface area contributed by atoms with Gasteiger partial charge in [0.2, 0.25) is 5.91 Å². The number of nitrogens with one attached hydrogen (secondary N) is 1. The molecule has 0 rings (SSSR count). The molecule has 0 aliphatic rings. The van der Waals surface area contributed by atoms with E-state index in [0.29, 0.717) is 12.8 Å². The number of carbonyl (C=O) groups is 3. The second-order valence-electron chi connectivity index (χ2n) is 3.85. The third-order valence-corrected chi connectivity index (χ3v) is 2.62. The fourth-order valence-electron chi connectivity index (χ4n) is 1.47. The maximum absolute atomic E-state index is 11.6. The molecule has 0 saturated heterocycles. The standard InChI is InChI=1S/C11H19NO5/c1-3-7(4-2)10(15)12-8(11(16)17)5-6-9(13)14/h7-8H,3-6H2,1-2H3,(H,12,15)(H,13,14)(H,16,17). The van der Waals surface area contributed by atoms with E-state index >= 15 is 0 Å². The van der Waals surface area contributed by atoms with Gasteiger partial charge in [0.05, 0.1) is 0 Å². The summed E-state index contributed by atoms with van der Waals surface area (Å²) < 4.78 is 0. The van der Waals surface area contributed by atoms with Crippen LogP contribution in [-0.2, 0) is 14.4 Å². The summed E-state index contributed by atoms with van der Waals surface area (Å²) in [6.45, 7) is 3.70. The molecule has 0 heterocycles. The Labute approximate surface area is 100 Å². The molecule has 0 saturated carbocycles. The molecule has 0 aromatic carbocycles. The van der Waals surface area contributed by atoms with Crippen molar-refractivity contribution < 1.29 is 24.6 Å². The molecule has 0 radical (unpaired) electrons. The van der Waals surface area contributed by atoms with E-state index in [2.05, 4.69) is 5.32 Å². The van der Waals surface area contributed by atoms with Crippen molar-refractivity contribution in [1.82, 2.24) is 5.32 Å². The van der Waals surface area contributed by atoms with Gasteiger partial charge >= 0.3 is 11.9 Å². The molecule has 1 amide bonds. The number of carbonyl (C=O) groups excluding carboxylic acids is 1. The Kier molecular flexibility index (Phi) is 6.93. The average Bonchev–Trinajstić information content (AvgIpc) is 2.25. The number of carboxylic acid groups (broad SMARTS) is 2. The summed E-state index contributed by atoms with van der Waals surface area (Å²) >= 11 is 0. The summed E-state index contributed by atoms with van der Waals surface area (Å²) in [5.74, 6) is -2.83. The highest BCUT2D eigenvalue weighted by Gasteiger charge is 2.23. The van der Waals surface area contributed by atoms with Gasteiger partial charge in [-0.05, 0) is 19.3 Å². The predicted octanol–water partition coefficient (Wildman–Crippen LogP) is 0.857. The molecule has 0 bridgehead atoms. The van der Waals surface area contributed by atoms with Gasteiger partial charge in [-0.15, -0.1) is 0 Å². The highest BCUT2D eigenvalue weighted by molar-refractivity contribution is 5.85. The van der Waals surface area contributed by atoms with Crippen LogP contribution in [-0.4, -0.2) is 34.1 Å². The maximum Gasteiger partial charge on any atom is 0.326 e. The van der Waals surface area contributed by atoms with E-state index in [1.807, 2.05) is 13.8 Å². The van der Waals surface area contributed by atoms with Crippen LogP contribution in [0.25, 0.3) is 0 Å². The van der Waals surface area contributed by atoms with Crippen molar-refractivity contribution >= 4 is 17.8 Å². The number of aliphatic carboxylic acids is 2. The smallest absolute Gasteiger partial charge is 0.326 e. The first-order valence-electron chi connectivity index (χ1n) is 5.67. The van der Waals surface area contributed by atoms with Gasteiger partial charge in [0, 0.05) is 12.3 Å². The fraction of sp³-hybridized carbons (Fsp3) is 0.727. The summed E-state index contributed by atoms with van der Waals surface area (Å²) in [5, 5.41) is 19.7. The maximum atomic E-state index is 11.6. The van der Waals surface area contributed by atoms with Crippen molar-refractivity contribution in [1.29, 1.82) is 0 Å². The lowest BCUT2D eigenvalue weighted by atomic mass is 10.0. The molecular weight excluding hydrogens is 226 g/mol. The SMILES string of the molecule is CCC(CC)C(=O)NC(CCC(=O)O)C(=O)O. The molecule has 0 aromatic rings. The minimum atomic E-state index is -1.20. The summed E-state index contributed by atoms with van der Waals surface area (Å²) in [7, 11) is 0. The number of carboxylic acids is 2. The lowest BCUT2D eigenvalue weighted by molar-refractivity contribution is -0.143. The van der Waals surface area contributed by atoms with Crippen molar-refractivity contribution in [2.75, 3.05) is 0 Å². The molecule has 0 aromatic heterocycles. The highest BCUT2D eigenvalue weighted by Crippen LogP contribution is 2.08. The molecule has 6 heteroatoms. The molecule has 1 unspecified atom stereocenters. The highest BCUT2D eigenvalue weighted by atomic mass is 16.4. The molecule has 1 atom stereocenters. The van der Waals surface area contributed by atoms with Gasteiger partial charge in [-0.25, -0.2) is 4.79 Å². The van der Waals surface area contributed by atoms with Gasteiger partial charge in [0.15, 0.2) is 0 Å². The summed E-state index contributed by atoms with van der Waals surface area (Å²) in [4.78, 5) is 32.8. The van der Waals surface area contributed by atoms with Gasteiger partial charge in [0.1, 0.15) is 6.04 Å². The van der Waals surface area contributed by atoms with E-state index in [1.54, 1.807) is 0 Å². The van der Waals surface area contributed by atoms with Crippen molar-refractivity contribution in [2.45, 2.75) is 45.6 Å². The Morgan fingerprint density at radius 3 is 2.00 bits per heavy atom. The minimum absolute atomic E-state index is 0.101. The Morgan fingerprint density at radius 2 is 1.65 bits per heavy atom. The molecular formula is C11H19NO5. The zero-order chi connectivity index (χ0) is 13.4. The molecule has 6 nitrogen and oxygen atoms in total. The van der Waals surface area contributed by atoms with E-state index in [4.69, 9.17) is 10.2 Å². The van der Waals surface area contributed by atoms with Crippen LogP contribution in [0.2, 0.25) is 0 Å².